The first kappa shape index (κ1) is 15.8. The molecule has 0 spiro atoms. The number of carbonyl (C=O) groups is 1. The maximum atomic E-state index is 12.4. The number of hydrogen-bond donors (Lipinski definition) is 5. The molecule has 0 radical (unpaired) electrons. The Morgan fingerprint density at radius 1 is 1.36 bits per heavy atom. The number of rotatable bonds is 4. The van der Waals surface area contributed by atoms with Gasteiger partial charge in [-0.2, -0.15) is 0 Å². The molecule has 22 heavy (non-hydrogen) atoms. The second-order valence-corrected chi connectivity index (χ2v) is 4.84. The molecule has 0 unspecified atom stereocenters. The number of aromatic carboxylic acids is 1. The van der Waals surface area contributed by atoms with E-state index in [1.807, 2.05) is 0 Å². The summed E-state index contributed by atoms with van der Waals surface area (Å²) in [7, 11) is 0. The van der Waals surface area contributed by atoms with Crippen molar-refractivity contribution in [1.29, 1.82) is 0 Å². The molecule has 0 bridgehead atoms. The second-order valence-electron chi connectivity index (χ2n) is 4.84. The first-order valence-corrected chi connectivity index (χ1v) is 6.33. The van der Waals surface area contributed by atoms with Gasteiger partial charge in [0.05, 0.1) is 23.7 Å². The van der Waals surface area contributed by atoms with Crippen LogP contribution in [0.3, 0.4) is 0 Å². The topological polar surface area (TPSA) is 148 Å². The summed E-state index contributed by atoms with van der Waals surface area (Å²) in [5.74, 6) is -3.36. The summed E-state index contributed by atoms with van der Waals surface area (Å²) in [6.07, 6.45) is -0.943. The Morgan fingerprint density at radius 2 is 2.00 bits per heavy atom. The third-order valence-electron chi connectivity index (χ3n) is 3.17. The first-order chi connectivity index (χ1) is 10.3. The average molecular weight is 310 g/mol. The zero-order valence-corrected chi connectivity index (χ0v) is 11.5. The maximum absolute atomic E-state index is 12.4. The van der Waals surface area contributed by atoms with E-state index in [0.29, 0.717) is 0 Å². The van der Waals surface area contributed by atoms with Gasteiger partial charge in [-0.15, -0.1) is 0 Å². The van der Waals surface area contributed by atoms with Crippen molar-refractivity contribution in [3.05, 3.63) is 33.2 Å². The fourth-order valence-electron chi connectivity index (χ4n) is 2.21. The average Bonchev–Trinajstić information content (AvgIpc) is 2.40. The number of aromatic hydroxyl groups is 2. The Labute approximate surface area is 123 Å². The molecule has 2 aromatic rings. The van der Waals surface area contributed by atoms with E-state index >= 15 is 0 Å². The van der Waals surface area contributed by atoms with E-state index in [2.05, 4.69) is 0 Å². The number of carboxylic acids is 1. The highest BCUT2D eigenvalue weighted by Gasteiger charge is 2.25. The minimum atomic E-state index is -1.63. The zero-order chi connectivity index (χ0) is 16.6. The van der Waals surface area contributed by atoms with Crippen molar-refractivity contribution in [1.82, 2.24) is 0 Å². The number of aliphatic hydroxyl groups is 2. The molecule has 8 heteroatoms. The van der Waals surface area contributed by atoms with Crippen molar-refractivity contribution in [2.75, 3.05) is 0 Å². The summed E-state index contributed by atoms with van der Waals surface area (Å²) < 4.78 is 5.35. The van der Waals surface area contributed by atoms with Gasteiger partial charge in [0, 0.05) is 12.5 Å². The van der Waals surface area contributed by atoms with E-state index in [9.17, 15) is 30.0 Å². The van der Waals surface area contributed by atoms with Crippen molar-refractivity contribution in [2.24, 2.45) is 0 Å². The van der Waals surface area contributed by atoms with Crippen LogP contribution >= 0.6 is 0 Å². The summed E-state index contributed by atoms with van der Waals surface area (Å²) >= 11 is 0. The third kappa shape index (κ3) is 2.49. The van der Waals surface area contributed by atoms with Gasteiger partial charge in [0.25, 0.3) is 0 Å². The Kier molecular flexibility index (Phi) is 4.07. The minimum Gasteiger partial charge on any atom is -0.504 e. The van der Waals surface area contributed by atoms with Crippen LogP contribution in [0.2, 0.25) is 0 Å². The molecule has 1 aromatic heterocycles. The number of aliphatic hydroxyl groups excluding tert-OH is 2. The lowest BCUT2D eigenvalue weighted by Gasteiger charge is -2.12. The van der Waals surface area contributed by atoms with Crippen molar-refractivity contribution < 1.29 is 34.7 Å². The van der Waals surface area contributed by atoms with Crippen LogP contribution in [-0.4, -0.2) is 37.6 Å². The lowest BCUT2D eigenvalue weighted by atomic mass is 10.0. The van der Waals surface area contributed by atoms with Crippen molar-refractivity contribution >= 4 is 16.9 Å². The van der Waals surface area contributed by atoms with Crippen LogP contribution in [0.5, 0.6) is 11.5 Å². The molecular weight excluding hydrogens is 296 g/mol. The van der Waals surface area contributed by atoms with Crippen molar-refractivity contribution in [3.8, 4) is 11.5 Å². The van der Waals surface area contributed by atoms with E-state index < -0.39 is 46.6 Å². The van der Waals surface area contributed by atoms with E-state index in [1.165, 1.54) is 6.92 Å². The van der Waals surface area contributed by atoms with Gasteiger partial charge in [-0.05, 0) is 6.92 Å². The normalized spacial score (nSPS) is 12.5. The highest BCUT2D eigenvalue weighted by molar-refractivity contribution is 6.06. The Morgan fingerprint density at radius 3 is 2.50 bits per heavy atom. The number of benzene rings is 1. The molecule has 8 nitrogen and oxygen atoms in total. The standard InChI is InChI=1S/C14H14O8/c1-5(16)2-8-6(4-15)12(18)10-9(22-8)3-7(17)13(19)11(10)14(20)21/h3,5,15-17,19H,2,4H2,1H3,(H,20,21)/t5-/m1/s1. The molecule has 0 aliphatic heterocycles. The first-order valence-electron chi connectivity index (χ1n) is 6.33. The van der Waals surface area contributed by atoms with Crippen LogP contribution in [0.4, 0.5) is 0 Å². The number of hydrogen-bond acceptors (Lipinski definition) is 7. The van der Waals surface area contributed by atoms with Gasteiger partial charge in [-0.25, -0.2) is 4.79 Å². The molecule has 1 aromatic carbocycles. The Bertz CT molecular complexity index is 803. The van der Waals surface area contributed by atoms with E-state index in [0.717, 1.165) is 6.07 Å². The number of phenolic OH excluding ortho intramolecular Hbond substituents is 1. The second kappa shape index (κ2) is 5.66. The fraction of sp³-hybridized carbons (Fsp3) is 0.286. The van der Waals surface area contributed by atoms with Crippen LogP contribution in [0.25, 0.3) is 11.0 Å². The molecule has 2 rings (SSSR count). The van der Waals surface area contributed by atoms with Crippen LogP contribution in [0.15, 0.2) is 15.3 Å². The van der Waals surface area contributed by atoms with Gasteiger partial charge < -0.3 is 29.9 Å². The minimum absolute atomic E-state index is 0.0172. The van der Waals surface area contributed by atoms with Crippen LogP contribution in [0.1, 0.15) is 28.6 Å². The molecule has 0 aliphatic carbocycles. The molecule has 118 valence electrons. The van der Waals surface area contributed by atoms with Crippen LogP contribution < -0.4 is 5.43 Å². The monoisotopic (exact) mass is 310 g/mol. The highest BCUT2D eigenvalue weighted by Crippen LogP contribution is 2.35. The van der Waals surface area contributed by atoms with E-state index in [-0.39, 0.29) is 23.3 Å². The van der Waals surface area contributed by atoms with Gasteiger partial charge in [-0.1, -0.05) is 0 Å². The van der Waals surface area contributed by atoms with Gasteiger partial charge in [0.1, 0.15) is 16.9 Å². The summed E-state index contributed by atoms with van der Waals surface area (Å²) in [6.45, 7) is 0.726. The van der Waals surface area contributed by atoms with E-state index in [4.69, 9.17) is 9.52 Å². The number of carboxylic acid groups (broad SMARTS) is 1. The van der Waals surface area contributed by atoms with E-state index in [1.54, 1.807) is 0 Å². The van der Waals surface area contributed by atoms with Crippen LogP contribution in [-0.2, 0) is 13.0 Å². The maximum Gasteiger partial charge on any atom is 0.340 e. The largest absolute Gasteiger partial charge is 0.504 e. The predicted octanol–water partition coefficient (Wildman–Crippen LogP) is 0.318. The fourth-order valence-corrected chi connectivity index (χ4v) is 2.21. The number of fused-ring (bicyclic) bond motifs is 1. The lowest BCUT2D eigenvalue weighted by molar-refractivity contribution is 0.0695. The van der Waals surface area contributed by atoms with Crippen molar-refractivity contribution in [3.63, 3.8) is 0 Å². The smallest absolute Gasteiger partial charge is 0.340 e. The summed E-state index contributed by atoms with van der Waals surface area (Å²) in [4.78, 5) is 23.6. The lowest BCUT2D eigenvalue weighted by Crippen LogP contribution is -2.18. The van der Waals surface area contributed by atoms with Gasteiger partial charge in [0.2, 0.25) is 0 Å². The number of phenols is 2. The molecule has 0 saturated heterocycles. The molecule has 0 saturated carbocycles. The van der Waals surface area contributed by atoms with Gasteiger partial charge in [-0.3, -0.25) is 4.79 Å². The molecule has 5 N–H and O–H groups in total. The summed E-state index contributed by atoms with van der Waals surface area (Å²) in [5, 5.41) is 46.6. The highest BCUT2D eigenvalue weighted by atomic mass is 16.4. The van der Waals surface area contributed by atoms with Crippen molar-refractivity contribution in [2.45, 2.75) is 26.1 Å². The molecule has 1 atom stereocenters. The van der Waals surface area contributed by atoms with Crippen LogP contribution in [0, 0.1) is 0 Å². The third-order valence-corrected chi connectivity index (χ3v) is 3.17. The molecule has 1 heterocycles. The SMILES string of the molecule is C[C@@H](O)Cc1oc2cc(O)c(O)c(C(=O)O)c2c(=O)c1CO. The predicted molar refractivity (Wildman–Crippen MR) is 74.1 cm³/mol. The van der Waals surface area contributed by atoms with Gasteiger partial charge >= 0.3 is 5.97 Å². The Balaban J connectivity index is 2.96. The molecule has 0 aliphatic rings. The Hall–Kier alpha value is -2.58. The molecule has 0 fully saturated rings. The molecular formula is C14H14O8. The molecule has 0 amide bonds. The summed E-state index contributed by atoms with van der Waals surface area (Å²) in [6, 6.07) is 0.908. The van der Waals surface area contributed by atoms with Gasteiger partial charge in [0.15, 0.2) is 16.9 Å². The summed E-state index contributed by atoms with van der Waals surface area (Å²) in [5.41, 5.74) is -2.11. The zero-order valence-electron chi connectivity index (χ0n) is 11.5. The quantitative estimate of drug-likeness (QED) is 0.507.